The van der Waals surface area contributed by atoms with Gasteiger partial charge in [-0.15, -0.1) is 0 Å². The van der Waals surface area contributed by atoms with E-state index in [9.17, 15) is 24.3 Å². The van der Waals surface area contributed by atoms with E-state index in [2.05, 4.69) is 26.3 Å². The van der Waals surface area contributed by atoms with Crippen LogP contribution in [0.25, 0.3) is 0 Å². The molecule has 11 heteroatoms. The van der Waals surface area contributed by atoms with E-state index in [0.717, 1.165) is 12.0 Å². The van der Waals surface area contributed by atoms with Crippen LogP contribution < -0.4 is 21.3 Å². The molecule has 4 amide bonds. The third-order valence-corrected chi connectivity index (χ3v) is 7.56. The van der Waals surface area contributed by atoms with Crippen LogP contribution in [0.2, 0.25) is 0 Å². The monoisotopic (exact) mass is 639 g/mol. The Morgan fingerprint density at radius 2 is 1.48 bits per heavy atom. The summed E-state index contributed by atoms with van der Waals surface area (Å²) in [5.74, 6) is -0.868. The summed E-state index contributed by atoms with van der Waals surface area (Å²) in [6.07, 6.45) is 1.29. The van der Waals surface area contributed by atoms with Crippen LogP contribution in [0, 0.1) is 17.8 Å². The lowest BCUT2D eigenvalue weighted by molar-refractivity contribution is -0.131. The van der Waals surface area contributed by atoms with Crippen LogP contribution in [-0.2, 0) is 32.1 Å². The van der Waals surface area contributed by atoms with Crippen molar-refractivity contribution in [3.8, 4) is 0 Å². The number of hydrogen-bond donors (Lipinski definition) is 5. The number of aliphatic hydroxyl groups is 1. The van der Waals surface area contributed by atoms with Gasteiger partial charge in [-0.2, -0.15) is 0 Å². The fourth-order valence-corrected chi connectivity index (χ4v) is 4.76. The van der Waals surface area contributed by atoms with Crippen molar-refractivity contribution in [2.24, 2.45) is 17.8 Å². The molecule has 1 heterocycles. The van der Waals surface area contributed by atoms with Gasteiger partial charge in [0, 0.05) is 24.9 Å². The number of hydrogen-bond acceptors (Lipinski definition) is 7. The number of rotatable bonds is 19. The summed E-state index contributed by atoms with van der Waals surface area (Å²) in [5, 5.41) is 22.2. The highest BCUT2D eigenvalue weighted by atomic mass is 16.5. The number of nitrogens with zero attached hydrogens (tertiary/aromatic N) is 1. The lowest BCUT2D eigenvalue weighted by Crippen LogP contribution is -2.57. The van der Waals surface area contributed by atoms with Gasteiger partial charge in [-0.05, 0) is 48.3 Å². The van der Waals surface area contributed by atoms with Crippen molar-refractivity contribution in [1.29, 1.82) is 0 Å². The Balaban J connectivity index is 2.16. The molecule has 0 fully saturated rings. The van der Waals surface area contributed by atoms with Crippen LogP contribution in [0.4, 0.5) is 4.79 Å². The maximum absolute atomic E-state index is 13.7. The molecule has 1 aromatic carbocycles. The molecule has 11 nitrogen and oxygen atoms in total. The molecule has 0 saturated carbocycles. The first-order chi connectivity index (χ1) is 21.9. The molecule has 46 heavy (non-hydrogen) atoms. The van der Waals surface area contributed by atoms with Gasteiger partial charge in [0.25, 0.3) is 0 Å². The van der Waals surface area contributed by atoms with Gasteiger partial charge >= 0.3 is 6.09 Å². The van der Waals surface area contributed by atoms with E-state index < -0.39 is 42.1 Å². The van der Waals surface area contributed by atoms with Gasteiger partial charge in [-0.1, -0.05) is 84.4 Å². The zero-order valence-corrected chi connectivity index (χ0v) is 28.1. The van der Waals surface area contributed by atoms with Crippen molar-refractivity contribution < 1.29 is 29.0 Å². The predicted molar refractivity (Wildman–Crippen MR) is 177 cm³/mol. The van der Waals surface area contributed by atoms with Crippen molar-refractivity contribution in [2.45, 2.75) is 104 Å². The lowest BCUT2D eigenvalue weighted by Gasteiger charge is -2.29. The van der Waals surface area contributed by atoms with Crippen molar-refractivity contribution in [3.63, 3.8) is 0 Å². The SMILES string of the molecule is CCC(C)CNC(=O)C[C@H](O)[C@H](CC(C)C)NC(=O)[C@H](CC(C)C)NC(=O)[C@H](Cc1ccccn1)NC(=O)OCc1ccccc1. The van der Waals surface area contributed by atoms with Crippen LogP contribution in [-0.4, -0.2) is 64.7 Å². The number of aliphatic hydroxyl groups excluding tert-OH is 1. The molecule has 1 unspecified atom stereocenters. The minimum Gasteiger partial charge on any atom is -0.445 e. The summed E-state index contributed by atoms with van der Waals surface area (Å²) >= 11 is 0. The van der Waals surface area contributed by atoms with E-state index in [-0.39, 0.29) is 37.2 Å². The largest absolute Gasteiger partial charge is 0.445 e. The molecular weight excluding hydrogens is 586 g/mol. The summed E-state index contributed by atoms with van der Waals surface area (Å²) in [6, 6.07) is 11.7. The van der Waals surface area contributed by atoms with Gasteiger partial charge in [0.2, 0.25) is 17.7 Å². The maximum Gasteiger partial charge on any atom is 0.408 e. The molecule has 0 radical (unpaired) electrons. The number of alkyl carbamates (subject to hydrolysis) is 1. The van der Waals surface area contributed by atoms with Crippen molar-refractivity contribution in [1.82, 2.24) is 26.3 Å². The summed E-state index contributed by atoms with van der Waals surface area (Å²) in [4.78, 5) is 56.9. The van der Waals surface area contributed by atoms with Gasteiger partial charge in [0.05, 0.1) is 18.6 Å². The number of nitrogens with one attached hydrogen (secondary N) is 4. The van der Waals surface area contributed by atoms with E-state index in [1.165, 1.54) is 0 Å². The van der Waals surface area contributed by atoms with Crippen LogP contribution in [0.5, 0.6) is 0 Å². The fourth-order valence-electron chi connectivity index (χ4n) is 4.76. The quantitative estimate of drug-likeness (QED) is 0.156. The number of carbonyl (C=O) groups excluding carboxylic acids is 4. The number of amides is 4. The van der Waals surface area contributed by atoms with Gasteiger partial charge in [0.1, 0.15) is 18.7 Å². The molecule has 0 bridgehead atoms. The molecule has 0 aliphatic heterocycles. The number of aromatic nitrogens is 1. The standard InChI is InChI=1S/C35H53N5O6/c1-7-25(6)21-37-32(42)20-31(41)28(17-23(2)3)38-33(43)29(18-24(4)5)39-34(44)30(19-27-15-11-12-16-36-27)40-35(45)46-22-26-13-9-8-10-14-26/h8-16,23-25,28-31,41H,7,17-22H2,1-6H3,(H,37,42)(H,38,43)(H,39,44)(H,40,45)/t25?,28-,29-,30-,31-/m0/s1. The first kappa shape index (κ1) is 38.2. The van der Waals surface area contributed by atoms with Crippen LogP contribution >= 0.6 is 0 Å². The van der Waals surface area contributed by atoms with Crippen molar-refractivity contribution in [3.05, 3.63) is 66.0 Å². The second-order valence-electron chi connectivity index (χ2n) is 12.8. The molecule has 0 aliphatic carbocycles. The van der Waals surface area contributed by atoms with Crippen LogP contribution in [0.1, 0.15) is 78.5 Å². The zero-order chi connectivity index (χ0) is 34.1. The average molecular weight is 640 g/mol. The summed E-state index contributed by atoms with van der Waals surface area (Å²) in [7, 11) is 0. The third kappa shape index (κ3) is 14.9. The van der Waals surface area contributed by atoms with Gasteiger partial charge < -0.3 is 31.1 Å². The van der Waals surface area contributed by atoms with Gasteiger partial charge in [0.15, 0.2) is 0 Å². The minimum absolute atomic E-state index is 0.0260. The first-order valence-corrected chi connectivity index (χ1v) is 16.3. The summed E-state index contributed by atoms with van der Waals surface area (Å²) in [6.45, 7) is 12.4. The minimum atomic E-state index is -1.11. The Morgan fingerprint density at radius 3 is 2.09 bits per heavy atom. The number of pyridine rings is 1. The van der Waals surface area contributed by atoms with E-state index in [0.29, 0.717) is 31.0 Å². The van der Waals surface area contributed by atoms with Crippen LogP contribution in [0.15, 0.2) is 54.7 Å². The fraction of sp³-hybridized carbons (Fsp3) is 0.571. The van der Waals surface area contributed by atoms with Crippen LogP contribution in [0.3, 0.4) is 0 Å². The normalized spacial score (nSPS) is 14.5. The molecular formula is C35H53N5O6. The van der Waals surface area contributed by atoms with Gasteiger partial charge in [-0.25, -0.2) is 4.79 Å². The third-order valence-electron chi connectivity index (χ3n) is 7.56. The molecule has 2 rings (SSSR count). The first-order valence-electron chi connectivity index (χ1n) is 16.3. The molecule has 0 spiro atoms. The van der Waals surface area contributed by atoms with E-state index in [1.807, 2.05) is 71.9 Å². The van der Waals surface area contributed by atoms with Gasteiger partial charge in [-0.3, -0.25) is 19.4 Å². The zero-order valence-electron chi connectivity index (χ0n) is 28.1. The molecule has 5 atom stereocenters. The Morgan fingerprint density at radius 1 is 0.826 bits per heavy atom. The lowest BCUT2D eigenvalue weighted by atomic mass is 9.95. The Bertz CT molecular complexity index is 1210. The highest BCUT2D eigenvalue weighted by molar-refractivity contribution is 5.91. The second-order valence-corrected chi connectivity index (χ2v) is 12.8. The average Bonchev–Trinajstić information content (AvgIpc) is 3.02. The number of ether oxygens (including phenoxy) is 1. The van der Waals surface area contributed by atoms with E-state index >= 15 is 0 Å². The highest BCUT2D eigenvalue weighted by Crippen LogP contribution is 2.14. The van der Waals surface area contributed by atoms with Crippen molar-refractivity contribution >= 4 is 23.8 Å². The molecule has 1 aromatic heterocycles. The topological polar surface area (TPSA) is 159 Å². The maximum atomic E-state index is 13.7. The highest BCUT2D eigenvalue weighted by Gasteiger charge is 2.31. The molecule has 0 saturated heterocycles. The van der Waals surface area contributed by atoms with Crippen molar-refractivity contribution in [2.75, 3.05) is 6.54 Å². The van der Waals surface area contributed by atoms with E-state index in [4.69, 9.17) is 4.74 Å². The molecule has 2 aromatic rings. The number of benzene rings is 1. The summed E-state index contributed by atoms with van der Waals surface area (Å²) in [5.41, 5.74) is 1.37. The Hall–Kier alpha value is -3.99. The number of carbonyl (C=O) groups is 4. The second kappa shape index (κ2) is 20.2. The smallest absolute Gasteiger partial charge is 0.408 e. The Labute approximate surface area is 273 Å². The molecule has 0 aliphatic rings. The molecule has 5 N–H and O–H groups in total. The predicted octanol–water partition coefficient (Wildman–Crippen LogP) is 3.89. The van der Waals surface area contributed by atoms with E-state index in [1.54, 1.807) is 24.4 Å². The molecule has 254 valence electrons. The summed E-state index contributed by atoms with van der Waals surface area (Å²) < 4.78 is 5.36. The Kier molecular flexibility index (Phi) is 16.8.